The fraction of sp³-hybridized carbons (Fsp3) is 0. The van der Waals surface area contributed by atoms with Gasteiger partial charge in [0.25, 0.3) is 0 Å². The second-order valence-corrected chi connectivity index (χ2v) is 8.05. The Balaban J connectivity index is 0.000000125. The van der Waals surface area contributed by atoms with Crippen LogP contribution in [0.2, 0.25) is 0 Å². The van der Waals surface area contributed by atoms with E-state index in [0.717, 1.165) is 20.2 Å². The van der Waals surface area contributed by atoms with Gasteiger partial charge < -0.3 is 0 Å². The molecular weight excluding hydrogens is 372 g/mol. The number of hydrogen-bond donors (Lipinski definition) is 0. The van der Waals surface area contributed by atoms with Crippen molar-refractivity contribution in [2.45, 2.75) is 0 Å². The predicted octanol–water partition coefficient (Wildman–Crippen LogP) is 7.41. The minimum absolute atomic E-state index is 0.139. The molecule has 0 saturated carbocycles. The van der Waals surface area contributed by atoms with Crippen molar-refractivity contribution >= 4 is 53.1 Å². The Bertz CT molecular complexity index is 1370. The molecule has 0 aliphatic carbocycles. The van der Waals surface area contributed by atoms with Gasteiger partial charge in [-0.25, -0.2) is 0 Å². The van der Waals surface area contributed by atoms with Crippen molar-refractivity contribution in [3.8, 4) is 0 Å². The third-order valence-corrected chi connectivity index (χ3v) is 6.25. The lowest BCUT2D eigenvalue weighted by molar-refractivity contribution is 1.75. The molecule has 0 atom stereocenters. The van der Waals surface area contributed by atoms with Crippen LogP contribution in [0.1, 0.15) is 0 Å². The first-order valence-corrected chi connectivity index (χ1v) is 10.4. The molecule has 0 unspecified atom stereocenters. The van der Waals surface area contributed by atoms with Gasteiger partial charge in [-0.05, 0) is 57.9 Å². The quantitative estimate of drug-likeness (QED) is 0.247. The molecule has 6 rings (SSSR count). The minimum atomic E-state index is 0.139. The van der Waals surface area contributed by atoms with Crippen molar-refractivity contribution in [2.75, 3.05) is 0 Å². The first-order valence-electron chi connectivity index (χ1n) is 9.58. The Kier molecular flexibility index (Phi) is 4.55. The molecule has 138 valence electrons. The normalized spacial score (nSPS) is 10.9. The van der Waals surface area contributed by atoms with E-state index in [-0.39, 0.29) is 5.43 Å². The van der Waals surface area contributed by atoms with Crippen molar-refractivity contribution < 1.29 is 0 Å². The van der Waals surface area contributed by atoms with E-state index < -0.39 is 0 Å². The van der Waals surface area contributed by atoms with Gasteiger partial charge in [0.05, 0.1) is 0 Å². The smallest absolute Gasteiger partial charge is 0.195 e. The predicted molar refractivity (Wildman–Crippen MR) is 127 cm³/mol. The highest BCUT2D eigenvalue weighted by Gasteiger charge is 2.03. The summed E-state index contributed by atoms with van der Waals surface area (Å²) in [5.74, 6) is 0. The van der Waals surface area contributed by atoms with E-state index in [9.17, 15) is 4.79 Å². The van der Waals surface area contributed by atoms with Gasteiger partial charge in [0.1, 0.15) is 0 Å². The molecule has 0 fully saturated rings. The van der Waals surface area contributed by atoms with Crippen molar-refractivity contribution in [3.63, 3.8) is 0 Å². The van der Waals surface area contributed by atoms with Gasteiger partial charge in [0.15, 0.2) is 5.43 Å². The second-order valence-electron chi connectivity index (χ2n) is 6.97. The largest absolute Gasteiger partial charge is 0.289 e. The van der Waals surface area contributed by atoms with Crippen LogP contribution in [-0.2, 0) is 0 Å². The summed E-state index contributed by atoms with van der Waals surface area (Å²) in [6.45, 7) is 0. The third kappa shape index (κ3) is 3.39. The number of fused-ring (bicyclic) bond motifs is 4. The Morgan fingerprint density at radius 1 is 0.448 bits per heavy atom. The van der Waals surface area contributed by atoms with Gasteiger partial charge in [-0.15, -0.1) is 11.3 Å². The third-order valence-electron chi connectivity index (χ3n) is 5.10. The Labute approximate surface area is 172 Å². The minimum Gasteiger partial charge on any atom is -0.289 e. The Hall–Kier alpha value is -3.49. The molecule has 29 heavy (non-hydrogen) atoms. The summed E-state index contributed by atoms with van der Waals surface area (Å²) in [4.78, 5) is 12.1. The summed E-state index contributed by atoms with van der Waals surface area (Å²) in [6, 6.07) is 36.9. The van der Waals surface area contributed by atoms with Crippen LogP contribution in [0.3, 0.4) is 0 Å². The molecule has 2 heteroatoms. The van der Waals surface area contributed by atoms with Crippen LogP contribution in [-0.4, -0.2) is 0 Å². The van der Waals surface area contributed by atoms with Crippen molar-refractivity contribution in [1.82, 2.24) is 0 Å². The molecule has 1 aromatic heterocycles. The van der Waals surface area contributed by atoms with E-state index in [0.29, 0.717) is 0 Å². The maximum atomic E-state index is 12.1. The molecule has 0 aliphatic heterocycles. The van der Waals surface area contributed by atoms with Gasteiger partial charge in [-0.1, -0.05) is 72.8 Å². The van der Waals surface area contributed by atoms with Crippen molar-refractivity contribution in [1.29, 1.82) is 0 Å². The summed E-state index contributed by atoms with van der Waals surface area (Å²) in [7, 11) is 0. The zero-order valence-electron chi connectivity index (χ0n) is 15.7. The van der Waals surface area contributed by atoms with Gasteiger partial charge in [-0.2, -0.15) is 0 Å². The number of hydrogen-bond acceptors (Lipinski definition) is 2. The molecule has 5 aromatic carbocycles. The SMILES string of the molecule is O=c1c2ccccc2sc2ccccc12.c1ccc2cc3ccccc3cc2c1. The van der Waals surface area contributed by atoms with Crippen LogP contribution in [0, 0.1) is 0 Å². The van der Waals surface area contributed by atoms with Crippen LogP contribution in [0.25, 0.3) is 41.7 Å². The second kappa shape index (κ2) is 7.50. The molecule has 0 spiro atoms. The average molecular weight is 391 g/mol. The monoisotopic (exact) mass is 390 g/mol. The number of rotatable bonds is 0. The molecule has 0 radical (unpaired) electrons. The molecular formula is C27H18OS. The van der Waals surface area contributed by atoms with E-state index in [1.165, 1.54) is 21.5 Å². The van der Waals surface area contributed by atoms with Gasteiger partial charge in [0.2, 0.25) is 0 Å². The maximum Gasteiger partial charge on any atom is 0.195 e. The van der Waals surface area contributed by atoms with E-state index in [1.54, 1.807) is 11.3 Å². The zero-order valence-corrected chi connectivity index (χ0v) is 16.5. The van der Waals surface area contributed by atoms with Crippen LogP contribution < -0.4 is 5.43 Å². The molecule has 0 amide bonds. The lowest BCUT2D eigenvalue weighted by atomic mass is 10.0. The highest BCUT2D eigenvalue weighted by Crippen LogP contribution is 2.24. The van der Waals surface area contributed by atoms with Gasteiger partial charge in [0, 0.05) is 20.2 Å². The highest BCUT2D eigenvalue weighted by atomic mass is 32.1. The van der Waals surface area contributed by atoms with Crippen LogP contribution in [0.5, 0.6) is 0 Å². The number of benzene rings is 5. The van der Waals surface area contributed by atoms with Crippen molar-refractivity contribution in [3.05, 3.63) is 119 Å². The van der Waals surface area contributed by atoms with E-state index in [2.05, 4.69) is 60.7 Å². The molecule has 1 heterocycles. The summed E-state index contributed by atoms with van der Waals surface area (Å²) in [5, 5.41) is 6.89. The summed E-state index contributed by atoms with van der Waals surface area (Å²) in [6.07, 6.45) is 0. The van der Waals surface area contributed by atoms with Crippen LogP contribution >= 0.6 is 11.3 Å². The van der Waals surface area contributed by atoms with Crippen LogP contribution in [0.15, 0.2) is 114 Å². The lowest BCUT2D eigenvalue weighted by Gasteiger charge is -2.00. The first-order chi connectivity index (χ1) is 14.3. The van der Waals surface area contributed by atoms with Gasteiger partial charge in [-0.3, -0.25) is 4.79 Å². The maximum absolute atomic E-state index is 12.1. The topological polar surface area (TPSA) is 17.1 Å². The molecule has 0 bridgehead atoms. The lowest BCUT2D eigenvalue weighted by Crippen LogP contribution is -1.99. The van der Waals surface area contributed by atoms with Gasteiger partial charge >= 0.3 is 0 Å². The summed E-state index contributed by atoms with van der Waals surface area (Å²) < 4.78 is 2.11. The fourth-order valence-electron chi connectivity index (χ4n) is 3.63. The average Bonchev–Trinajstić information content (AvgIpc) is 2.78. The molecule has 0 N–H and O–H groups in total. The zero-order chi connectivity index (χ0) is 19.6. The highest BCUT2D eigenvalue weighted by molar-refractivity contribution is 7.24. The standard InChI is InChI=1S/C14H10.C13H8OS/c1-2-6-12-10-14-8-4-3-7-13(14)9-11(12)5-1;14-13-9-5-1-3-7-11(9)15-12-8-4-2-6-10(12)13/h1-10H;1-8H. The van der Waals surface area contributed by atoms with E-state index in [4.69, 9.17) is 0 Å². The van der Waals surface area contributed by atoms with E-state index >= 15 is 0 Å². The van der Waals surface area contributed by atoms with E-state index in [1.807, 2.05) is 48.5 Å². The molecule has 6 aromatic rings. The summed E-state index contributed by atoms with van der Waals surface area (Å²) >= 11 is 1.67. The fourth-order valence-corrected chi connectivity index (χ4v) is 4.70. The molecule has 0 aliphatic rings. The molecule has 1 nitrogen and oxygen atoms in total. The molecule has 0 saturated heterocycles. The Morgan fingerprint density at radius 3 is 1.21 bits per heavy atom. The first kappa shape index (κ1) is 17.6. The van der Waals surface area contributed by atoms with Crippen molar-refractivity contribution in [2.24, 2.45) is 0 Å². The summed E-state index contributed by atoms with van der Waals surface area (Å²) in [5.41, 5.74) is 0.139. The van der Waals surface area contributed by atoms with Crippen LogP contribution in [0.4, 0.5) is 0 Å². The Morgan fingerprint density at radius 2 is 0.793 bits per heavy atom.